The molecule has 1 aliphatic carbocycles. The van der Waals surface area contributed by atoms with Crippen LogP contribution in [0.1, 0.15) is 52.9 Å². The highest BCUT2D eigenvalue weighted by Gasteiger charge is 2.51. The van der Waals surface area contributed by atoms with E-state index in [9.17, 15) is 4.79 Å². The Morgan fingerprint density at radius 2 is 2.06 bits per heavy atom. The lowest BCUT2D eigenvalue weighted by Gasteiger charge is -2.39. The van der Waals surface area contributed by atoms with Gasteiger partial charge in [-0.25, -0.2) is 0 Å². The van der Waals surface area contributed by atoms with Gasteiger partial charge >= 0.3 is 0 Å². The summed E-state index contributed by atoms with van der Waals surface area (Å²) in [5.74, 6) is 0.374. The highest BCUT2D eigenvalue weighted by atomic mass is 16.2. The number of amides is 1. The molecule has 2 aliphatic heterocycles. The molecule has 3 heteroatoms. The van der Waals surface area contributed by atoms with Gasteiger partial charge in [0.05, 0.1) is 6.04 Å². The third-order valence-corrected chi connectivity index (χ3v) is 5.06. The van der Waals surface area contributed by atoms with Crippen LogP contribution in [-0.2, 0) is 4.79 Å². The minimum Gasteiger partial charge on any atom is -0.338 e. The number of nitrogens with zero attached hydrogens (tertiary/aromatic N) is 1. The maximum Gasteiger partial charge on any atom is 0.239 e. The van der Waals surface area contributed by atoms with Gasteiger partial charge in [-0.2, -0.15) is 0 Å². The molecule has 3 fully saturated rings. The van der Waals surface area contributed by atoms with Crippen LogP contribution in [0.25, 0.3) is 0 Å². The lowest BCUT2D eigenvalue weighted by molar-refractivity contribution is -0.134. The predicted octanol–water partition coefficient (Wildman–Crippen LogP) is 2.17. The van der Waals surface area contributed by atoms with Crippen molar-refractivity contribution >= 4 is 5.91 Å². The van der Waals surface area contributed by atoms with E-state index in [1.807, 2.05) is 0 Å². The zero-order valence-electron chi connectivity index (χ0n) is 12.0. The van der Waals surface area contributed by atoms with Crippen molar-refractivity contribution in [3.8, 4) is 0 Å². The van der Waals surface area contributed by atoms with Gasteiger partial charge in [-0.05, 0) is 49.5 Å². The third-order valence-electron chi connectivity index (χ3n) is 5.06. The largest absolute Gasteiger partial charge is 0.338 e. The molecule has 0 aromatic carbocycles. The average Bonchev–Trinajstić information content (AvgIpc) is 2.82. The highest BCUT2D eigenvalue weighted by molar-refractivity contribution is 5.83. The van der Waals surface area contributed by atoms with Gasteiger partial charge in [0.2, 0.25) is 5.91 Å². The Morgan fingerprint density at radius 3 is 2.72 bits per heavy atom. The fourth-order valence-corrected chi connectivity index (χ4v) is 4.81. The number of nitrogens with one attached hydrogen (secondary N) is 1. The topological polar surface area (TPSA) is 32.3 Å². The summed E-state index contributed by atoms with van der Waals surface area (Å²) >= 11 is 0. The van der Waals surface area contributed by atoms with E-state index >= 15 is 0 Å². The molecular weight excluding hydrogens is 224 g/mol. The molecule has 3 unspecified atom stereocenters. The van der Waals surface area contributed by atoms with Gasteiger partial charge in [0.15, 0.2) is 0 Å². The second-order valence-electron chi connectivity index (χ2n) is 7.83. The summed E-state index contributed by atoms with van der Waals surface area (Å²) in [6.07, 6.45) is 5.84. The molecule has 1 amide bonds. The van der Waals surface area contributed by atoms with Gasteiger partial charge in [-0.3, -0.25) is 4.79 Å². The fourth-order valence-electron chi connectivity index (χ4n) is 4.81. The first kappa shape index (κ1) is 12.5. The van der Waals surface area contributed by atoms with Crippen LogP contribution in [0.3, 0.4) is 0 Å². The Labute approximate surface area is 110 Å². The molecule has 0 aromatic heterocycles. The highest BCUT2D eigenvalue weighted by Crippen LogP contribution is 2.52. The molecule has 0 spiro atoms. The Kier molecular flexibility index (Phi) is 2.74. The first-order chi connectivity index (χ1) is 8.39. The summed E-state index contributed by atoms with van der Waals surface area (Å²) < 4.78 is 0. The second-order valence-corrected chi connectivity index (χ2v) is 7.83. The molecule has 3 aliphatic rings. The van der Waals surface area contributed by atoms with Crippen LogP contribution in [0.15, 0.2) is 0 Å². The molecule has 1 N–H and O–H groups in total. The van der Waals surface area contributed by atoms with E-state index in [0.29, 0.717) is 22.8 Å². The molecule has 1 saturated carbocycles. The molecular formula is C15H26N2O. The van der Waals surface area contributed by atoms with Crippen LogP contribution in [0.2, 0.25) is 0 Å². The van der Waals surface area contributed by atoms with Crippen molar-refractivity contribution in [2.75, 3.05) is 13.1 Å². The van der Waals surface area contributed by atoms with Gasteiger partial charge < -0.3 is 10.2 Å². The lowest BCUT2D eigenvalue weighted by atomic mass is 9.65. The van der Waals surface area contributed by atoms with Crippen molar-refractivity contribution in [3.63, 3.8) is 0 Å². The van der Waals surface area contributed by atoms with Gasteiger partial charge in [0, 0.05) is 12.6 Å². The molecule has 102 valence electrons. The predicted molar refractivity (Wildman–Crippen MR) is 72.3 cm³/mol. The van der Waals surface area contributed by atoms with Gasteiger partial charge in [-0.1, -0.05) is 20.8 Å². The summed E-state index contributed by atoms with van der Waals surface area (Å²) in [7, 11) is 0. The normalized spacial score (nSPS) is 42.3. The second kappa shape index (κ2) is 3.96. The molecule has 2 saturated heterocycles. The van der Waals surface area contributed by atoms with E-state index in [-0.39, 0.29) is 6.04 Å². The Bertz CT molecular complexity index is 360. The Hall–Kier alpha value is -0.570. The summed E-state index contributed by atoms with van der Waals surface area (Å²) in [6, 6.07) is 0.602. The van der Waals surface area contributed by atoms with Crippen LogP contribution in [-0.4, -0.2) is 36.0 Å². The minimum atomic E-state index is 0.107. The van der Waals surface area contributed by atoms with E-state index in [1.165, 1.54) is 19.3 Å². The van der Waals surface area contributed by atoms with Gasteiger partial charge in [-0.15, -0.1) is 0 Å². The molecule has 3 rings (SSSR count). The quantitative estimate of drug-likeness (QED) is 0.773. The summed E-state index contributed by atoms with van der Waals surface area (Å²) in [4.78, 5) is 14.8. The third kappa shape index (κ3) is 2.07. The van der Waals surface area contributed by atoms with Crippen molar-refractivity contribution in [3.05, 3.63) is 0 Å². The molecule has 3 nitrogen and oxygen atoms in total. The first-order valence-corrected chi connectivity index (χ1v) is 7.43. The number of likely N-dealkylation sites (tertiary alicyclic amines) is 1. The molecule has 2 bridgehead atoms. The SMILES string of the molecule is CC1(C)CC2CC(C)(CN2C(=O)C2CCCN2)C1. The fraction of sp³-hybridized carbons (Fsp3) is 0.933. The van der Waals surface area contributed by atoms with Crippen molar-refractivity contribution in [1.82, 2.24) is 10.2 Å². The lowest BCUT2D eigenvalue weighted by Crippen LogP contribution is -2.46. The summed E-state index contributed by atoms with van der Waals surface area (Å²) in [5.41, 5.74) is 0.760. The number of fused-ring (bicyclic) bond motifs is 2. The van der Waals surface area contributed by atoms with Crippen LogP contribution >= 0.6 is 0 Å². The van der Waals surface area contributed by atoms with Crippen LogP contribution in [0.5, 0.6) is 0 Å². The number of rotatable bonds is 1. The van der Waals surface area contributed by atoms with Crippen molar-refractivity contribution in [2.24, 2.45) is 10.8 Å². The number of carbonyl (C=O) groups is 1. The zero-order valence-corrected chi connectivity index (χ0v) is 12.0. The zero-order chi connectivity index (χ0) is 13.0. The van der Waals surface area contributed by atoms with E-state index in [2.05, 4.69) is 31.0 Å². The van der Waals surface area contributed by atoms with Gasteiger partial charge in [0.1, 0.15) is 0 Å². The smallest absolute Gasteiger partial charge is 0.239 e. The monoisotopic (exact) mass is 250 g/mol. The van der Waals surface area contributed by atoms with Crippen molar-refractivity contribution in [1.29, 1.82) is 0 Å². The van der Waals surface area contributed by atoms with Gasteiger partial charge in [0.25, 0.3) is 0 Å². The standard InChI is InChI=1S/C15H26N2O/c1-14(2)7-11-8-15(3,9-14)10-17(11)13(18)12-5-4-6-16-12/h11-12,16H,4-10H2,1-3H3. The Balaban J connectivity index is 1.77. The maximum absolute atomic E-state index is 12.6. The number of carbonyl (C=O) groups excluding carboxylic acids is 1. The van der Waals surface area contributed by atoms with E-state index in [4.69, 9.17) is 0 Å². The molecule has 18 heavy (non-hydrogen) atoms. The van der Waals surface area contributed by atoms with Crippen molar-refractivity contribution < 1.29 is 4.79 Å². The van der Waals surface area contributed by atoms with Crippen LogP contribution in [0.4, 0.5) is 0 Å². The van der Waals surface area contributed by atoms with E-state index in [1.54, 1.807) is 0 Å². The molecule has 0 aromatic rings. The number of hydrogen-bond acceptors (Lipinski definition) is 2. The van der Waals surface area contributed by atoms with E-state index < -0.39 is 0 Å². The molecule has 0 radical (unpaired) electrons. The average molecular weight is 250 g/mol. The van der Waals surface area contributed by atoms with Crippen molar-refractivity contribution in [2.45, 2.75) is 65.0 Å². The van der Waals surface area contributed by atoms with E-state index in [0.717, 1.165) is 25.9 Å². The summed E-state index contributed by atoms with van der Waals surface area (Å²) in [5, 5.41) is 3.36. The molecule has 2 heterocycles. The molecule has 3 atom stereocenters. The van der Waals surface area contributed by atoms with Crippen LogP contribution < -0.4 is 5.32 Å². The van der Waals surface area contributed by atoms with Crippen LogP contribution in [0, 0.1) is 10.8 Å². The number of hydrogen-bond donors (Lipinski definition) is 1. The summed E-state index contributed by atoms with van der Waals surface area (Å²) in [6.45, 7) is 9.09. The Morgan fingerprint density at radius 1 is 1.28 bits per heavy atom. The maximum atomic E-state index is 12.6. The first-order valence-electron chi connectivity index (χ1n) is 7.43. The minimum absolute atomic E-state index is 0.107.